The molecule has 0 aromatic heterocycles. The molecule has 0 bridgehead atoms. The number of carbonyl (C=O) groups excluding carboxylic acids is 2. The molecule has 4 nitrogen and oxygen atoms in total. The zero-order valence-electron chi connectivity index (χ0n) is 11.1. The number of cyclic esters (lactones) is 1. The van der Waals surface area contributed by atoms with Crippen LogP contribution >= 0.6 is 0 Å². The summed E-state index contributed by atoms with van der Waals surface area (Å²) in [6.07, 6.45) is -0.278. The van der Waals surface area contributed by atoms with Crippen molar-refractivity contribution in [1.82, 2.24) is 0 Å². The highest BCUT2D eigenvalue weighted by Crippen LogP contribution is 2.68. The largest absolute Gasteiger partial charge is 0.462 e. The Morgan fingerprint density at radius 1 is 1.29 bits per heavy atom. The average Bonchev–Trinajstić information content (AvgIpc) is 2.51. The van der Waals surface area contributed by atoms with Crippen LogP contribution in [-0.2, 0) is 19.1 Å². The third-order valence-electron chi connectivity index (χ3n) is 5.00. The van der Waals surface area contributed by atoms with E-state index in [4.69, 9.17) is 9.47 Å². The van der Waals surface area contributed by atoms with Crippen LogP contribution in [0.1, 0.15) is 34.6 Å². The highest BCUT2D eigenvalue weighted by molar-refractivity contribution is 5.78. The first-order valence-electron chi connectivity index (χ1n) is 6.03. The van der Waals surface area contributed by atoms with Gasteiger partial charge in [0.05, 0.1) is 5.92 Å². The maximum Gasteiger partial charge on any atom is 0.310 e. The van der Waals surface area contributed by atoms with Crippen LogP contribution in [0.5, 0.6) is 0 Å². The average molecular weight is 240 g/mol. The van der Waals surface area contributed by atoms with Gasteiger partial charge in [-0.15, -0.1) is 0 Å². The number of ether oxygens (including phenoxy) is 2. The van der Waals surface area contributed by atoms with Crippen LogP contribution < -0.4 is 0 Å². The number of fused-ring (bicyclic) bond motifs is 1. The lowest BCUT2D eigenvalue weighted by Crippen LogP contribution is -2.62. The van der Waals surface area contributed by atoms with E-state index in [1.165, 1.54) is 6.92 Å². The van der Waals surface area contributed by atoms with Gasteiger partial charge in [0.1, 0.15) is 12.7 Å². The summed E-state index contributed by atoms with van der Waals surface area (Å²) in [5, 5.41) is 0. The van der Waals surface area contributed by atoms with Crippen LogP contribution in [0.4, 0.5) is 0 Å². The van der Waals surface area contributed by atoms with Gasteiger partial charge in [-0.3, -0.25) is 9.59 Å². The minimum absolute atomic E-state index is 0.0225. The van der Waals surface area contributed by atoms with E-state index in [9.17, 15) is 9.59 Å². The van der Waals surface area contributed by atoms with Crippen LogP contribution in [0.2, 0.25) is 0 Å². The lowest BCUT2D eigenvalue weighted by atomic mass is 9.40. The molecule has 17 heavy (non-hydrogen) atoms. The predicted molar refractivity (Wildman–Crippen MR) is 61.1 cm³/mol. The first-order valence-corrected chi connectivity index (χ1v) is 6.03. The summed E-state index contributed by atoms with van der Waals surface area (Å²) in [6, 6.07) is 0. The Morgan fingerprint density at radius 2 is 1.88 bits per heavy atom. The lowest BCUT2D eigenvalue weighted by molar-refractivity contribution is -0.171. The highest BCUT2D eigenvalue weighted by Gasteiger charge is 2.71. The zero-order valence-corrected chi connectivity index (χ0v) is 11.1. The molecule has 0 unspecified atom stereocenters. The van der Waals surface area contributed by atoms with Crippen LogP contribution in [0.25, 0.3) is 0 Å². The van der Waals surface area contributed by atoms with E-state index in [-0.39, 0.29) is 47.3 Å². The Labute approximate surface area is 102 Å². The van der Waals surface area contributed by atoms with E-state index in [1.54, 1.807) is 0 Å². The standard InChI is InChI=1S/C13H20O4/c1-7(14)16-6-8-9-10(11(15)17-8)13(4,5)12(9,2)3/h8-10H,6H2,1-5H3/t8-,9+,10+/m1/s1. The van der Waals surface area contributed by atoms with Crippen molar-refractivity contribution in [3.8, 4) is 0 Å². The summed E-state index contributed by atoms with van der Waals surface area (Å²) in [5.41, 5.74) is -0.0334. The number of hydrogen-bond acceptors (Lipinski definition) is 4. The molecule has 1 heterocycles. The number of hydrogen-bond donors (Lipinski definition) is 0. The molecule has 96 valence electrons. The summed E-state index contributed by atoms with van der Waals surface area (Å²) < 4.78 is 10.3. The maximum atomic E-state index is 11.8. The van der Waals surface area contributed by atoms with Crippen molar-refractivity contribution in [3.63, 3.8) is 0 Å². The molecule has 0 amide bonds. The minimum Gasteiger partial charge on any atom is -0.462 e. The second-order valence-corrected chi connectivity index (χ2v) is 6.22. The van der Waals surface area contributed by atoms with Gasteiger partial charge in [-0.05, 0) is 10.8 Å². The van der Waals surface area contributed by atoms with Crippen LogP contribution in [0, 0.1) is 22.7 Å². The fourth-order valence-corrected chi connectivity index (χ4v) is 3.35. The van der Waals surface area contributed by atoms with Crippen LogP contribution in [0.3, 0.4) is 0 Å². The van der Waals surface area contributed by atoms with Gasteiger partial charge in [-0.2, -0.15) is 0 Å². The van der Waals surface area contributed by atoms with Gasteiger partial charge in [0.2, 0.25) is 0 Å². The van der Waals surface area contributed by atoms with Gasteiger partial charge >= 0.3 is 11.9 Å². The van der Waals surface area contributed by atoms with Crippen molar-refractivity contribution in [2.24, 2.45) is 22.7 Å². The van der Waals surface area contributed by atoms with Crippen molar-refractivity contribution in [2.45, 2.75) is 40.7 Å². The monoisotopic (exact) mass is 240 g/mol. The molecular formula is C13H20O4. The fourth-order valence-electron chi connectivity index (χ4n) is 3.35. The summed E-state index contributed by atoms with van der Waals surface area (Å²) in [7, 11) is 0. The second kappa shape index (κ2) is 3.47. The van der Waals surface area contributed by atoms with E-state index in [1.807, 2.05) is 0 Å². The molecule has 0 aromatic rings. The normalized spacial score (nSPS) is 36.8. The van der Waals surface area contributed by atoms with Gasteiger partial charge in [-0.1, -0.05) is 27.7 Å². The first-order chi connectivity index (χ1) is 7.69. The third kappa shape index (κ3) is 1.49. The molecule has 0 N–H and O–H groups in total. The van der Waals surface area contributed by atoms with E-state index < -0.39 is 0 Å². The molecule has 2 fully saturated rings. The van der Waals surface area contributed by atoms with Gasteiger partial charge < -0.3 is 9.47 Å². The number of esters is 2. The summed E-state index contributed by atoms with van der Waals surface area (Å²) in [4.78, 5) is 22.6. The van der Waals surface area contributed by atoms with E-state index in [2.05, 4.69) is 27.7 Å². The second-order valence-electron chi connectivity index (χ2n) is 6.22. The van der Waals surface area contributed by atoms with E-state index in [0.717, 1.165) is 0 Å². The van der Waals surface area contributed by atoms with Crippen LogP contribution in [0.15, 0.2) is 0 Å². The van der Waals surface area contributed by atoms with Crippen molar-refractivity contribution in [1.29, 1.82) is 0 Å². The fraction of sp³-hybridized carbons (Fsp3) is 0.846. The Bertz CT molecular complexity index is 370. The first kappa shape index (κ1) is 12.4. The molecule has 0 aromatic carbocycles. The maximum absolute atomic E-state index is 11.8. The molecule has 4 heteroatoms. The van der Waals surface area contributed by atoms with Gasteiger partial charge in [0, 0.05) is 12.8 Å². The SMILES string of the molecule is CC(=O)OC[C@H]1OC(=O)[C@@H]2[C@H]1C(C)(C)C2(C)C. The summed E-state index contributed by atoms with van der Waals surface area (Å²) in [5.74, 6) is -0.375. The number of carbonyl (C=O) groups is 2. The minimum atomic E-state index is -0.333. The highest BCUT2D eigenvalue weighted by atomic mass is 16.6. The van der Waals surface area contributed by atoms with Crippen molar-refractivity contribution in [3.05, 3.63) is 0 Å². The predicted octanol–water partition coefficient (Wildman–Crippen LogP) is 1.77. The smallest absolute Gasteiger partial charge is 0.310 e. The Hall–Kier alpha value is -1.06. The zero-order chi connectivity index (χ0) is 13.0. The quantitative estimate of drug-likeness (QED) is 0.690. The lowest BCUT2D eigenvalue weighted by Gasteiger charge is -2.61. The molecule has 2 rings (SSSR count). The van der Waals surface area contributed by atoms with Crippen molar-refractivity contribution < 1.29 is 19.1 Å². The Kier molecular flexibility index (Phi) is 2.53. The Balaban J connectivity index is 2.15. The molecule has 1 aliphatic heterocycles. The molecular weight excluding hydrogens is 220 g/mol. The van der Waals surface area contributed by atoms with Gasteiger partial charge in [0.25, 0.3) is 0 Å². The molecule has 1 saturated carbocycles. The van der Waals surface area contributed by atoms with E-state index in [0.29, 0.717) is 0 Å². The molecule has 0 spiro atoms. The van der Waals surface area contributed by atoms with Gasteiger partial charge in [0.15, 0.2) is 0 Å². The molecule has 0 radical (unpaired) electrons. The number of rotatable bonds is 2. The van der Waals surface area contributed by atoms with Crippen molar-refractivity contribution >= 4 is 11.9 Å². The van der Waals surface area contributed by atoms with Crippen LogP contribution in [-0.4, -0.2) is 24.6 Å². The molecule has 1 saturated heterocycles. The molecule has 1 aliphatic carbocycles. The third-order valence-corrected chi connectivity index (χ3v) is 5.00. The summed E-state index contributed by atoms with van der Waals surface area (Å²) >= 11 is 0. The van der Waals surface area contributed by atoms with Crippen molar-refractivity contribution in [2.75, 3.05) is 6.61 Å². The van der Waals surface area contributed by atoms with Gasteiger partial charge in [-0.25, -0.2) is 0 Å². The molecule has 3 atom stereocenters. The topological polar surface area (TPSA) is 52.6 Å². The summed E-state index contributed by atoms with van der Waals surface area (Å²) in [6.45, 7) is 10.0. The van der Waals surface area contributed by atoms with E-state index >= 15 is 0 Å². The molecule has 2 aliphatic rings. The Morgan fingerprint density at radius 3 is 2.41 bits per heavy atom.